The van der Waals surface area contributed by atoms with Crippen molar-refractivity contribution in [1.82, 2.24) is 19.9 Å². The molecule has 2 aromatic heterocycles. The number of hydrogen-bond donors (Lipinski definition) is 1. The van der Waals surface area contributed by atoms with Crippen molar-refractivity contribution in [3.05, 3.63) is 75.5 Å². The fraction of sp³-hybridized carbons (Fsp3) is 0.217. The van der Waals surface area contributed by atoms with Gasteiger partial charge in [-0.2, -0.15) is 0 Å². The molecule has 0 aliphatic carbocycles. The Kier molecular flexibility index (Phi) is 4.99. The number of aryl methyl sites for hydroxylation is 1. The number of nitrogens with one attached hydrogen (secondary N) is 1. The van der Waals surface area contributed by atoms with Gasteiger partial charge < -0.3 is 9.72 Å². The predicted octanol–water partition coefficient (Wildman–Crippen LogP) is 4.69. The normalized spacial score (nSPS) is 16.0. The highest BCUT2D eigenvalue weighted by Gasteiger charge is 2.34. The van der Waals surface area contributed by atoms with Crippen LogP contribution < -0.4 is 10.3 Å². The summed E-state index contributed by atoms with van der Waals surface area (Å²) in [6.45, 7) is 2.54. The third kappa shape index (κ3) is 3.82. The number of amides is 1. The molecule has 0 bridgehead atoms. The van der Waals surface area contributed by atoms with E-state index >= 15 is 0 Å². The van der Waals surface area contributed by atoms with Gasteiger partial charge in [0.25, 0.3) is 5.56 Å². The molecule has 156 valence electrons. The molecular formula is C23H20N4O3S. The molecule has 0 spiro atoms. The fourth-order valence-corrected chi connectivity index (χ4v) is 4.89. The van der Waals surface area contributed by atoms with Crippen LogP contribution in [0.1, 0.15) is 29.5 Å². The van der Waals surface area contributed by atoms with Crippen LogP contribution in [0.25, 0.3) is 21.7 Å². The number of thiazole rings is 1. The standard InChI is InChI=1S/C23H20N4O3S/c1-14-7-5-10-16(13-14)30-23(29)27-12-6-11-17(27)21-24-18-20(28)25-19(26-22(18)31-21)15-8-3-2-4-9-15/h2-5,7-10,13,17H,6,11-12H2,1H3,(H,25,26,28)/t17-/m1/s1. The van der Waals surface area contributed by atoms with E-state index in [0.29, 0.717) is 33.5 Å². The molecule has 1 fully saturated rings. The van der Waals surface area contributed by atoms with Crippen LogP contribution in [-0.2, 0) is 0 Å². The topological polar surface area (TPSA) is 88.2 Å². The number of hydrogen-bond acceptors (Lipinski definition) is 6. The second kappa shape index (κ2) is 7.96. The second-order valence-electron chi connectivity index (χ2n) is 7.52. The number of aromatic nitrogens is 3. The third-order valence-corrected chi connectivity index (χ3v) is 6.35. The number of carbonyl (C=O) groups excluding carboxylic acids is 1. The number of nitrogens with zero attached hydrogens (tertiary/aromatic N) is 3. The summed E-state index contributed by atoms with van der Waals surface area (Å²) < 4.78 is 5.59. The maximum atomic E-state index is 12.8. The summed E-state index contributed by atoms with van der Waals surface area (Å²) in [7, 11) is 0. The molecule has 2 aromatic carbocycles. The minimum Gasteiger partial charge on any atom is -0.410 e. The first-order valence-electron chi connectivity index (χ1n) is 10.1. The van der Waals surface area contributed by atoms with E-state index in [1.807, 2.05) is 55.5 Å². The highest BCUT2D eigenvalue weighted by atomic mass is 32.1. The van der Waals surface area contributed by atoms with E-state index in [-0.39, 0.29) is 11.6 Å². The van der Waals surface area contributed by atoms with Crippen molar-refractivity contribution < 1.29 is 9.53 Å². The van der Waals surface area contributed by atoms with Crippen LogP contribution in [-0.4, -0.2) is 32.5 Å². The molecule has 0 saturated carbocycles. The van der Waals surface area contributed by atoms with E-state index in [2.05, 4.69) is 15.0 Å². The van der Waals surface area contributed by atoms with Crippen molar-refractivity contribution >= 4 is 27.8 Å². The number of benzene rings is 2. The van der Waals surface area contributed by atoms with Crippen LogP contribution in [0, 0.1) is 6.92 Å². The van der Waals surface area contributed by atoms with Crippen molar-refractivity contribution in [1.29, 1.82) is 0 Å². The Hall–Kier alpha value is -3.52. The van der Waals surface area contributed by atoms with Crippen molar-refractivity contribution in [3.63, 3.8) is 0 Å². The molecule has 3 heterocycles. The van der Waals surface area contributed by atoms with Gasteiger partial charge in [0, 0.05) is 12.1 Å². The second-order valence-corrected chi connectivity index (χ2v) is 8.53. The van der Waals surface area contributed by atoms with E-state index < -0.39 is 6.09 Å². The lowest BCUT2D eigenvalue weighted by Crippen LogP contribution is -2.33. The SMILES string of the molecule is Cc1cccc(OC(=O)N2CCC[C@@H]2c2nc3c(=O)[nH]c(-c4ccccc4)nc3s2)c1. The van der Waals surface area contributed by atoms with E-state index in [1.165, 1.54) is 11.3 Å². The summed E-state index contributed by atoms with van der Waals surface area (Å²) in [4.78, 5) is 39.7. The molecule has 0 unspecified atom stereocenters. The van der Waals surface area contributed by atoms with E-state index in [9.17, 15) is 9.59 Å². The van der Waals surface area contributed by atoms with Crippen LogP contribution >= 0.6 is 11.3 Å². The predicted molar refractivity (Wildman–Crippen MR) is 119 cm³/mol. The first kappa shape index (κ1) is 19.4. The lowest BCUT2D eigenvalue weighted by molar-refractivity contribution is 0.147. The lowest BCUT2D eigenvalue weighted by Gasteiger charge is -2.22. The maximum Gasteiger partial charge on any atom is 0.415 e. The molecule has 1 atom stereocenters. The van der Waals surface area contributed by atoms with Gasteiger partial charge in [0.2, 0.25) is 0 Å². The van der Waals surface area contributed by atoms with Crippen LogP contribution in [0.15, 0.2) is 59.4 Å². The third-order valence-electron chi connectivity index (χ3n) is 5.30. The molecule has 0 radical (unpaired) electrons. The Labute approximate surface area is 182 Å². The maximum absolute atomic E-state index is 12.8. The zero-order chi connectivity index (χ0) is 21.4. The zero-order valence-electron chi connectivity index (χ0n) is 16.9. The quantitative estimate of drug-likeness (QED) is 0.507. The molecule has 1 amide bonds. The van der Waals surface area contributed by atoms with Crippen LogP contribution in [0.2, 0.25) is 0 Å². The van der Waals surface area contributed by atoms with Gasteiger partial charge >= 0.3 is 6.09 Å². The molecule has 5 rings (SSSR count). The Morgan fingerprint density at radius 3 is 2.81 bits per heavy atom. The average Bonchev–Trinajstić information content (AvgIpc) is 3.41. The van der Waals surface area contributed by atoms with Crippen molar-refractivity contribution in [2.24, 2.45) is 0 Å². The number of likely N-dealkylation sites (tertiary alicyclic amines) is 1. The van der Waals surface area contributed by atoms with Gasteiger partial charge in [-0.1, -0.05) is 53.8 Å². The zero-order valence-corrected chi connectivity index (χ0v) is 17.7. The van der Waals surface area contributed by atoms with Gasteiger partial charge in [-0.3, -0.25) is 9.69 Å². The number of fused-ring (bicyclic) bond motifs is 1. The first-order valence-corrected chi connectivity index (χ1v) is 10.9. The van der Waals surface area contributed by atoms with Crippen LogP contribution in [0.5, 0.6) is 5.75 Å². The number of aromatic amines is 1. The number of carbonyl (C=O) groups is 1. The Morgan fingerprint density at radius 1 is 1.16 bits per heavy atom. The van der Waals surface area contributed by atoms with Gasteiger partial charge in [-0.05, 0) is 37.5 Å². The van der Waals surface area contributed by atoms with Gasteiger partial charge in [0.05, 0.1) is 6.04 Å². The Morgan fingerprint density at radius 2 is 2.00 bits per heavy atom. The molecular weight excluding hydrogens is 412 g/mol. The smallest absolute Gasteiger partial charge is 0.410 e. The largest absolute Gasteiger partial charge is 0.415 e. The monoisotopic (exact) mass is 432 g/mol. The van der Waals surface area contributed by atoms with Crippen molar-refractivity contribution in [2.45, 2.75) is 25.8 Å². The molecule has 1 aliphatic heterocycles. The van der Waals surface area contributed by atoms with Gasteiger partial charge in [0.1, 0.15) is 16.6 Å². The molecule has 1 N–H and O–H groups in total. The van der Waals surface area contributed by atoms with Crippen LogP contribution in [0.3, 0.4) is 0 Å². The molecule has 1 saturated heterocycles. The molecule has 31 heavy (non-hydrogen) atoms. The Bertz CT molecular complexity index is 1320. The highest BCUT2D eigenvalue weighted by Crippen LogP contribution is 2.36. The van der Waals surface area contributed by atoms with E-state index in [1.54, 1.807) is 11.0 Å². The van der Waals surface area contributed by atoms with Crippen molar-refractivity contribution in [2.75, 3.05) is 6.54 Å². The minimum absolute atomic E-state index is 0.226. The first-order chi connectivity index (χ1) is 15.1. The highest BCUT2D eigenvalue weighted by molar-refractivity contribution is 7.18. The summed E-state index contributed by atoms with van der Waals surface area (Å²) in [6.07, 6.45) is 1.22. The average molecular weight is 433 g/mol. The van der Waals surface area contributed by atoms with Gasteiger partial charge in [-0.15, -0.1) is 0 Å². The fourth-order valence-electron chi connectivity index (χ4n) is 3.80. The Balaban J connectivity index is 1.44. The summed E-state index contributed by atoms with van der Waals surface area (Å²) in [5.74, 6) is 1.03. The van der Waals surface area contributed by atoms with Crippen molar-refractivity contribution in [3.8, 4) is 17.1 Å². The summed E-state index contributed by atoms with van der Waals surface area (Å²) in [5, 5.41) is 0.705. The van der Waals surface area contributed by atoms with E-state index in [0.717, 1.165) is 24.0 Å². The summed E-state index contributed by atoms with van der Waals surface area (Å²) in [5.41, 5.74) is 1.88. The van der Waals surface area contributed by atoms with E-state index in [4.69, 9.17) is 4.74 Å². The summed E-state index contributed by atoms with van der Waals surface area (Å²) >= 11 is 1.36. The molecule has 4 aromatic rings. The summed E-state index contributed by atoms with van der Waals surface area (Å²) in [6, 6.07) is 16.7. The molecule has 1 aliphatic rings. The molecule has 8 heteroatoms. The molecule has 7 nitrogen and oxygen atoms in total. The lowest BCUT2D eigenvalue weighted by atomic mass is 10.2. The minimum atomic E-state index is -0.404. The number of ether oxygens (including phenoxy) is 1. The van der Waals surface area contributed by atoms with Gasteiger partial charge in [0.15, 0.2) is 10.3 Å². The number of rotatable bonds is 3. The number of H-pyrrole nitrogens is 1. The van der Waals surface area contributed by atoms with Gasteiger partial charge in [-0.25, -0.2) is 14.8 Å². The van der Waals surface area contributed by atoms with Crippen LogP contribution in [0.4, 0.5) is 4.79 Å².